The maximum atomic E-state index is 8.66. The second-order valence-corrected chi connectivity index (χ2v) is 31.2. The van der Waals surface area contributed by atoms with Gasteiger partial charge in [0, 0.05) is 44.9 Å². The van der Waals surface area contributed by atoms with Gasteiger partial charge in [0.05, 0.1) is 49.3 Å². The molecule has 4 nitrogen and oxygen atoms in total. The van der Waals surface area contributed by atoms with Gasteiger partial charge in [-0.1, -0.05) is 222 Å². The maximum absolute atomic E-state index is 8.66. The first-order valence-corrected chi connectivity index (χ1v) is 39.7. The van der Waals surface area contributed by atoms with E-state index < -0.39 is 0 Å². The molecule has 0 unspecified atom stereocenters. The number of aromatic nitrogens is 4. The third-order valence-corrected chi connectivity index (χ3v) is 24.4. The Morgan fingerprint density at radius 3 is 1.13 bits per heavy atom. The molecule has 3 aliphatic rings. The molecule has 0 spiro atoms. The minimum atomic E-state index is 0.292. The molecule has 0 radical (unpaired) electrons. The number of hydrogen-bond acceptors (Lipinski definition) is 0. The van der Waals surface area contributed by atoms with Crippen molar-refractivity contribution in [3.63, 3.8) is 0 Å². The first-order chi connectivity index (χ1) is 54.1. The summed E-state index contributed by atoms with van der Waals surface area (Å²) < 4.78 is 51.3. The summed E-state index contributed by atoms with van der Waals surface area (Å²) in [5.74, 6) is 2.02. The summed E-state index contributed by atoms with van der Waals surface area (Å²) in [6.45, 7) is 19.4. The number of rotatable bonds is 9. The normalized spacial score (nSPS) is 14.9. The van der Waals surface area contributed by atoms with Gasteiger partial charge in [-0.2, -0.15) is 13.7 Å². The van der Waals surface area contributed by atoms with Crippen molar-refractivity contribution < 1.29 is 25.1 Å². The first kappa shape index (κ1) is 67.4. The van der Waals surface area contributed by atoms with E-state index in [4.69, 9.17) is 6.85 Å². The van der Waals surface area contributed by atoms with Crippen molar-refractivity contribution in [2.75, 3.05) is 0 Å². The predicted octanol–water partition coefficient (Wildman–Crippen LogP) is 25.6. The molecule has 10 aromatic carbocycles. The Hall–Kier alpha value is -10.2. The van der Waals surface area contributed by atoms with Crippen molar-refractivity contribution in [3.05, 3.63) is 310 Å². The fourth-order valence-corrected chi connectivity index (χ4v) is 17.7. The summed E-state index contributed by atoms with van der Waals surface area (Å²) in [6, 6.07) is 77.3. The molecule has 540 valence electrons. The highest BCUT2D eigenvalue weighted by atomic mass is 15.0. The van der Waals surface area contributed by atoms with Crippen molar-refractivity contribution in [1.29, 1.82) is 0 Å². The first-order valence-electron chi connectivity index (χ1n) is 42.2. The molecule has 0 N–H and O–H groups in total. The van der Waals surface area contributed by atoms with Crippen molar-refractivity contribution in [3.8, 4) is 67.3 Å². The molecule has 3 saturated carbocycles. The van der Waals surface area contributed by atoms with Crippen molar-refractivity contribution in [1.82, 2.24) is 0 Å². The summed E-state index contributed by atoms with van der Waals surface area (Å²) in [7, 11) is 8.20. The fourth-order valence-electron chi connectivity index (χ4n) is 17.7. The van der Waals surface area contributed by atoms with E-state index in [0.717, 1.165) is 60.5 Å². The van der Waals surface area contributed by atoms with Crippen LogP contribution in [0.25, 0.3) is 110 Å². The molecule has 4 heterocycles. The smallest absolute Gasteiger partial charge is 0.200 e. The minimum Gasteiger partial charge on any atom is -0.200 e. The van der Waals surface area contributed by atoms with E-state index in [0.29, 0.717) is 48.1 Å². The Bertz CT molecular complexity index is 5860. The predicted molar refractivity (Wildman–Crippen MR) is 453 cm³/mol. The van der Waals surface area contributed by atoms with Crippen LogP contribution in [0.2, 0.25) is 0 Å². The van der Waals surface area contributed by atoms with Crippen LogP contribution in [0.15, 0.2) is 243 Å². The molecule has 4 aromatic heterocycles. The van der Waals surface area contributed by atoms with Crippen molar-refractivity contribution >= 4 is 43.1 Å². The van der Waals surface area contributed by atoms with E-state index in [1.54, 1.807) is 5.56 Å². The molecule has 107 heavy (non-hydrogen) atoms. The highest BCUT2D eigenvalue weighted by Gasteiger charge is 2.29. The largest absolute Gasteiger partial charge is 0.220 e. The van der Waals surface area contributed by atoms with E-state index in [2.05, 4.69) is 253 Å². The maximum Gasteiger partial charge on any atom is 0.220 e. The Kier molecular flexibility index (Phi) is 20.7. The molecule has 14 aromatic rings. The summed E-state index contributed by atoms with van der Waals surface area (Å²) in [4.78, 5) is 0. The van der Waals surface area contributed by atoms with E-state index in [1.165, 1.54) is 208 Å². The highest BCUT2D eigenvalue weighted by Crippen LogP contribution is 2.44. The fraction of sp³-hybridized carbons (Fsp3) is 0.301. The summed E-state index contributed by atoms with van der Waals surface area (Å²) >= 11 is 0. The number of nitrogens with zero attached hydrogens (tertiary/aromatic N) is 4. The van der Waals surface area contributed by atoms with Gasteiger partial charge in [0.1, 0.15) is 29.6 Å². The second kappa shape index (κ2) is 32.9. The SMILES string of the molecule is [2H]c1c(C)[n+](C)c(-c2cc(-c3ccccc3)cc(C)c2C)c2ccccc12.[2H]c1c(C)[n+](C)c(-c2cc(-c3ccccc3)ccc2C)c2ccccc12.[2H]c1c(C)[n+](C)c(-c2cc(C3CCCCC3)cc(C)c2C)c2ccccc12.[2H]c1c([2H])[n+](C)c(-c2cc(C3CCCCC3)cc(C3CCCCC3)c2C)c2ccccc12. The Labute approximate surface area is 646 Å². The number of fused-ring (bicyclic) bond motifs is 4. The third kappa shape index (κ3) is 15.7. The van der Waals surface area contributed by atoms with Gasteiger partial charge in [-0.05, 0) is 240 Å². The molecule has 0 amide bonds. The lowest BCUT2D eigenvalue weighted by Gasteiger charge is -2.28. The van der Waals surface area contributed by atoms with Gasteiger partial charge in [-0.15, -0.1) is 0 Å². The van der Waals surface area contributed by atoms with Gasteiger partial charge in [0.15, 0.2) is 23.3 Å². The van der Waals surface area contributed by atoms with Gasteiger partial charge in [0.2, 0.25) is 22.8 Å². The zero-order chi connectivity index (χ0) is 78.8. The van der Waals surface area contributed by atoms with Gasteiger partial charge >= 0.3 is 0 Å². The van der Waals surface area contributed by atoms with E-state index in [1.807, 2.05) is 67.9 Å². The lowest BCUT2D eigenvalue weighted by Crippen LogP contribution is -2.35. The van der Waals surface area contributed by atoms with Crippen LogP contribution < -0.4 is 18.3 Å². The molecular formula is C103H112N4+4. The van der Waals surface area contributed by atoms with Crippen LogP contribution in [-0.4, -0.2) is 0 Å². The topological polar surface area (TPSA) is 15.5 Å². The molecule has 3 fully saturated rings. The van der Waals surface area contributed by atoms with Crippen LogP contribution in [0.4, 0.5) is 0 Å². The average molecular weight is 1410 g/mol. The van der Waals surface area contributed by atoms with Crippen LogP contribution in [0.3, 0.4) is 0 Å². The third-order valence-electron chi connectivity index (χ3n) is 24.4. The summed E-state index contributed by atoms with van der Waals surface area (Å²) in [6.07, 6.45) is 20.3. The Morgan fingerprint density at radius 2 is 0.654 bits per heavy atom. The number of hydrogen-bond donors (Lipinski definition) is 0. The van der Waals surface area contributed by atoms with E-state index in [9.17, 15) is 0 Å². The minimum absolute atomic E-state index is 0.292. The van der Waals surface area contributed by atoms with Crippen LogP contribution >= 0.6 is 0 Å². The van der Waals surface area contributed by atoms with Crippen LogP contribution in [0, 0.1) is 62.3 Å². The number of benzene rings is 10. The molecule has 0 aliphatic heterocycles. The zero-order valence-electron chi connectivity index (χ0n) is 70.8. The van der Waals surface area contributed by atoms with Crippen molar-refractivity contribution in [2.24, 2.45) is 28.2 Å². The summed E-state index contributed by atoms with van der Waals surface area (Å²) in [5, 5.41) is 8.46. The Balaban J connectivity index is 0.000000124. The molecule has 0 bridgehead atoms. The second-order valence-electron chi connectivity index (χ2n) is 31.2. The van der Waals surface area contributed by atoms with Crippen LogP contribution in [0.1, 0.15) is 188 Å². The molecule has 0 atom stereocenters. The Morgan fingerprint density at radius 1 is 0.290 bits per heavy atom. The van der Waals surface area contributed by atoms with E-state index >= 15 is 0 Å². The lowest BCUT2D eigenvalue weighted by molar-refractivity contribution is -0.665. The highest BCUT2D eigenvalue weighted by molar-refractivity contribution is 5.98. The molecule has 3 aliphatic carbocycles. The molecule has 17 rings (SSSR count). The van der Waals surface area contributed by atoms with Gasteiger partial charge < -0.3 is 0 Å². The lowest BCUT2D eigenvalue weighted by atomic mass is 9.76. The zero-order valence-corrected chi connectivity index (χ0v) is 65.8. The molecule has 0 saturated heterocycles. The number of pyridine rings is 4. The average Bonchev–Trinajstić information content (AvgIpc) is 0.761. The van der Waals surface area contributed by atoms with Crippen LogP contribution in [0.5, 0.6) is 0 Å². The molecule has 4 heteroatoms. The van der Waals surface area contributed by atoms with Crippen LogP contribution in [-0.2, 0) is 28.2 Å². The summed E-state index contributed by atoms with van der Waals surface area (Å²) in [5.41, 5.74) is 30.1. The number of aryl methyl sites for hydroxylation is 3. The van der Waals surface area contributed by atoms with Gasteiger partial charge in [-0.3, -0.25) is 0 Å². The van der Waals surface area contributed by atoms with Gasteiger partial charge in [0.25, 0.3) is 0 Å². The van der Waals surface area contributed by atoms with Gasteiger partial charge in [-0.25, -0.2) is 4.57 Å². The van der Waals surface area contributed by atoms with E-state index in [-0.39, 0.29) is 0 Å². The van der Waals surface area contributed by atoms with Crippen molar-refractivity contribution in [2.45, 2.75) is 176 Å². The quantitative estimate of drug-likeness (QED) is 0.128. The molecular weight excluding hydrogens is 1290 g/mol. The monoisotopic (exact) mass is 1410 g/mol. The standard InChI is InChI=1S/C29H36N.C25H30N.C25H24N.C24H22N/c1-21-27(23-13-7-4-8-14-23)19-25(22-11-5-3-6-12-22)20-28(21)29-26-16-10-9-15-24(26)17-18-30(29)2;2*1-17-14-22(20-10-6-5-7-11-20)16-24(19(17)3)25-23-13-9-8-12-21(23)15-18(2)26(25)4;1-17-13-14-20(19-9-5-4-6-10-19)16-23(17)24-22-12-8-7-11-21(22)15-18(2)25(24)3/h9-10,15-20,22-23H,3-8,11-14H2,1-2H3;8-9,12-16,20H,5-7,10-11H2,1-4H3;5-16H,1-4H3;4-16H,1-3H3/q4*+1/i17D,18D;3*15D.